The van der Waals surface area contributed by atoms with Crippen molar-refractivity contribution in [3.63, 3.8) is 0 Å². The third-order valence-electron chi connectivity index (χ3n) is 15.3. The third-order valence-corrected chi connectivity index (χ3v) is 15.3. The van der Waals surface area contributed by atoms with Crippen LogP contribution in [0.2, 0.25) is 0 Å². The van der Waals surface area contributed by atoms with Gasteiger partial charge in [-0.05, 0) is 144 Å². The lowest BCUT2D eigenvalue weighted by Crippen LogP contribution is -2.29. The van der Waals surface area contributed by atoms with Crippen molar-refractivity contribution in [1.29, 1.82) is 0 Å². The molecule has 2 nitrogen and oxygen atoms in total. The van der Waals surface area contributed by atoms with Gasteiger partial charge >= 0.3 is 0 Å². The second-order valence-electron chi connectivity index (χ2n) is 19.3. The zero-order valence-corrected chi connectivity index (χ0v) is 39.9. The molecule has 1 aliphatic carbocycles. The average molecular weight is 917 g/mol. The molecule has 338 valence electrons. The predicted octanol–water partition coefficient (Wildman–Crippen LogP) is 19.1. The van der Waals surface area contributed by atoms with Gasteiger partial charge in [-0.2, -0.15) is 0 Å². The summed E-state index contributed by atoms with van der Waals surface area (Å²) in [6.45, 7) is 2.19. The van der Waals surface area contributed by atoms with E-state index in [4.69, 9.17) is 0 Å². The monoisotopic (exact) mass is 916 g/mol. The van der Waals surface area contributed by atoms with E-state index in [2.05, 4.69) is 290 Å². The van der Waals surface area contributed by atoms with Crippen LogP contribution in [0.15, 0.2) is 273 Å². The van der Waals surface area contributed by atoms with E-state index in [0.717, 1.165) is 34.1 Å². The van der Waals surface area contributed by atoms with Gasteiger partial charge in [0, 0.05) is 33.5 Å². The Kier molecular flexibility index (Phi) is 9.69. The molecule has 0 atom stereocenters. The minimum Gasteiger partial charge on any atom is -0.310 e. The van der Waals surface area contributed by atoms with Crippen molar-refractivity contribution < 1.29 is 0 Å². The van der Waals surface area contributed by atoms with Crippen molar-refractivity contribution in [2.24, 2.45) is 0 Å². The minimum atomic E-state index is -0.743. The number of hydrogen-bond donors (Lipinski definition) is 0. The molecule has 0 spiro atoms. The number of aryl methyl sites for hydroxylation is 1. The maximum absolute atomic E-state index is 2.51. The molecule has 13 aromatic carbocycles. The molecule has 0 radical (unpaired) electrons. The van der Waals surface area contributed by atoms with Gasteiger partial charge in [-0.3, -0.25) is 0 Å². The van der Waals surface area contributed by atoms with Crippen LogP contribution < -0.4 is 9.80 Å². The quantitative estimate of drug-likeness (QED) is 0.140. The van der Waals surface area contributed by atoms with E-state index in [-0.39, 0.29) is 0 Å². The molecule has 0 bridgehead atoms. The fraction of sp³-hybridized carbons (Fsp3) is 0.0286. The molecular weight excluding hydrogens is 869 g/mol. The van der Waals surface area contributed by atoms with Crippen LogP contribution in [0.3, 0.4) is 0 Å². The summed E-state index contributed by atoms with van der Waals surface area (Å²) in [4.78, 5) is 4.96. The number of fused-ring (bicyclic) bond motifs is 10. The van der Waals surface area contributed by atoms with Gasteiger partial charge in [-0.1, -0.05) is 218 Å². The summed E-state index contributed by atoms with van der Waals surface area (Å²) in [5.74, 6) is 0. The van der Waals surface area contributed by atoms with Gasteiger partial charge in [-0.15, -0.1) is 0 Å². The van der Waals surface area contributed by atoms with Crippen molar-refractivity contribution in [3.8, 4) is 11.1 Å². The fourth-order valence-corrected chi connectivity index (χ4v) is 12.1. The molecule has 0 saturated heterocycles. The zero-order chi connectivity index (χ0) is 47.8. The molecule has 72 heavy (non-hydrogen) atoms. The van der Waals surface area contributed by atoms with Crippen molar-refractivity contribution in [2.45, 2.75) is 12.3 Å². The molecule has 0 aliphatic heterocycles. The molecule has 0 N–H and O–H groups in total. The summed E-state index contributed by atoms with van der Waals surface area (Å²) in [5.41, 5.74) is 14.6. The van der Waals surface area contributed by atoms with E-state index < -0.39 is 5.41 Å². The molecule has 14 rings (SSSR count). The molecule has 0 unspecified atom stereocenters. The Hall–Kier alpha value is -9.24. The molecule has 13 aromatic rings. The minimum absolute atomic E-state index is 0.743. The second-order valence-corrected chi connectivity index (χ2v) is 19.3. The van der Waals surface area contributed by atoms with Crippen molar-refractivity contribution in [2.75, 3.05) is 9.80 Å². The van der Waals surface area contributed by atoms with Crippen LogP contribution in [-0.4, -0.2) is 0 Å². The Morgan fingerprint density at radius 1 is 0.264 bits per heavy atom. The molecule has 1 aliphatic rings. The van der Waals surface area contributed by atoms with Crippen molar-refractivity contribution in [1.82, 2.24) is 0 Å². The normalized spacial score (nSPS) is 12.6. The van der Waals surface area contributed by atoms with Crippen LogP contribution in [0.5, 0.6) is 0 Å². The van der Waals surface area contributed by atoms with Crippen LogP contribution in [0, 0.1) is 6.92 Å². The third kappa shape index (κ3) is 6.43. The maximum Gasteiger partial charge on any atom is 0.0721 e. The van der Waals surface area contributed by atoms with Gasteiger partial charge in [0.2, 0.25) is 0 Å². The Labute approximate surface area is 419 Å². The first-order chi connectivity index (χ1) is 35.6. The van der Waals surface area contributed by atoms with E-state index >= 15 is 0 Å². The number of rotatable bonds is 8. The molecule has 0 aromatic heterocycles. The number of benzene rings is 13. The van der Waals surface area contributed by atoms with Gasteiger partial charge < -0.3 is 9.80 Å². The highest BCUT2D eigenvalue weighted by Gasteiger charge is 2.48. The lowest BCUT2D eigenvalue weighted by molar-refractivity contribution is 0.776. The Balaban J connectivity index is 1.09. The number of nitrogens with zero attached hydrogens (tertiary/aromatic N) is 2. The molecule has 0 amide bonds. The molecule has 2 heteroatoms. The summed E-state index contributed by atoms with van der Waals surface area (Å²) in [6.07, 6.45) is 0. The Bertz CT molecular complexity index is 4020. The highest BCUT2D eigenvalue weighted by atomic mass is 15.2. The SMILES string of the molecule is Cc1ccc(C2(c3cccc4ccccc34)c3cc(N(c4ccccc4)c4cc5ccccc5c5ccccc45)ccc3-c3ccc(N(c4ccccc4)c4cc5ccccc5c5ccccc45)cc32)cc1. The van der Waals surface area contributed by atoms with Crippen LogP contribution in [0.25, 0.3) is 65.0 Å². The lowest BCUT2D eigenvalue weighted by Gasteiger charge is -2.37. The summed E-state index contributed by atoms with van der Waals surface area (Å²) >= 11 is 0. The lowest BCUT2D eigenvalue weighted by atomic mass is 9.66. The van der Waals surface area contributed by atoms with Crippen LogP contribution in [0.4, 0.5) is 34.1 Å². The van der Waals surface area contributed by atoms with Crippen molar-refractivity contribution >= 4 is 88.0 Å². The number of para-hydroxylation sites is 2. The molecule has 0 heterocycles. The predicted molar refractivity (Wildman–Crippen MR) is 305 cm³/mol. The largest absolute Gasteiger partial charge is 0.310 e. The van der Waals surface area contributed by atoms with Gasteiger partial charge in [-0.25, -0.2) is 0 Å². The van der Waals surface area contributed by atoms with Gasteiger partial charge in [0.25, 0.3) is 0 Å². The average Bonchev–Trinajstić information content (AvgIpc) is 3.73. The zero-order valence-electron chi connectivity index (χ0n) is 39.9. The summed E-state index contributed by atoms with van der Waals surface area (Å²) in [5, 5.41) is 12.2. The number of hydrogen-bond acceptors (Lipinski definition) is 2. The molecule has 0 saturated carbocycles. The fourth-order valence-electron chi connectivity index (χ4n) is 12.1. The first kappa shape index (κ1) is 41.7. The van der Waals surface area contributed by atoms with E-state index in [1.165, 1.54) is 92.8 Å². The van der Waals surface area contributed by atoms with Crippen LogP contribution in [0.1, 0.15) is 27.8 Å². The van der Waals surface area contributed by atoms with Gasteiger partial charge in [0.15, 0.2) is 0 Å². The van der Waals surface area contributed by atoms with E-state index in [9.17, 15) is 0 Å². The first-order valence-corrected chi connectivity index (χ1v) is 25.0. The highest BCUT2D eigenvalue weighted by Crippen LogP contribution is 2.60. The summed E-state index contributed by atoms with van der Waals surface area (Å²) in [7, 11) is 0. The summed E-state index contributed by atoms with van der Waals surface area (Å²) < 4.78 is 0. The highest BCUT2D eigenvalue weighted by molar-refractivity contribution is 6.16. The van der Waals surface area contributed by atoms with Crippen LogP contribution >= 0.6 is 0 Å². The second kappa shape index (κ2) is 16.7. The van der Waals surface area contributed by atoms with E-state index in [1.807, 2.05) is 0 Å². The standard InChI is InChI=1S/C70H48N2/c1-47-35-37-51(38-36-47)70(65-34-18-22-48-19-8-13-29-58(48)65)66-45-54(71(52-23-4-2-5-24-52)68-43-49-20-9-11-27-56(49)59-30-14-16-32-63(59)68)39-41-61(66)62-42-40-55(46-67(62)70)72(53-25-6-3-7-26-53)69-44-50-21-10-12-28-57(50)60-31-15-17-33-64(60)69/h2-46H,1H3. The topological polar surface area (TPSA) is 6.48 Å². The number of anilines is 6. The van der Waals surface area contributed by atoms with Gasteiger partial charge in [0.1, 0.15) is 0 Å². The Morgan fingerprint density at radius 3 is 1.17 bits per heavy atom. The van der Waals surface area contributed by atoms with E-state index in [0.29, 0.717) is 0 Å². The summed E-state index contributed by atoms with van der Waals surface area (Å²) in [6, 6.07) is 102. The maximum atomic E-state index is 2.51. The Morgan fingerprint density at radius 2 is 0.667 bits per heavy atom. The molecule has 0 fully saturated rings. The van der Waals surface area contributed by atoms with Crippen molar-refractivity contribution in [3.05, 3.63) is 301 Å². The smallest absolute Gasteiger partial charge is 0.0721 e. The van der Waals surface area contributed by atoms with Crippen LogP contribution in [-0.2, 0) is 5.41 Å². The van der Waals surface area contributed by atoms with E-state index in [1.54, 1.807) is 0 Å². The van der Waals surface area contributed by atoms with Gasteiger partial charge in [0.05, 0.1) is 16.8 Å². The molecular formula is C70H48N2. The first-order valence-electron chi connectivity index (χ1n) is 25.0.